The largest absolute Gasteiger partial charge is 0.502 e. The third kappa shape index (κ3) is 8.82. The molecule has 0 aliphatic rings. The van der Waals surface area contributed by atoms with Gasteiger partial charge >= 0.3 is 0 Å². The molecule has 0 N–H and O–H groups in total. The molecule has 0 radical (unpaired) electrons. The number of rotatable bonds is 7. The van der Waals surface area contributed by atoms with E-state index in [4.69, 9.17) is 9.47 Å². The molecule has 2 heteroatoms. The molecule has 0 saturated carbocycles. The molecular weight excluding hydrogens is 140 g/mol. The van der Waals surface area contributed by atoms with Crippen molar-refractivity contribution in [3.63, 3.8) is 0 Å². The highest BCUT2D eigenvalue weighted by Gasteiger charge is 1.81. The summed E-state index contributed by atoms with van der Waals surface area (Å²) < 4.78 is 9.67. The summed E-state index contributed by atoms with van der Waals surface area (Å²) in [7, 11) is 0. The predicted molar refractivity (Wildman–Crippen MR) is 45.8 cm³/mol. The van der Waals surface area contributed by atoms with Crippen LogP contribution in [0.25, 0.3) is 0 Å². The van der Waals surface area contributed by atoms with Crippen LogP contribution in [0.2, 0.25) is 0 Å². The summed E-state index contributed by atoms with van der Waals surface area (Å²) in [6.07, 6.45) is 8.29. The van der Waals surface area contributed by atoms with E-state index < -0.39 is 0 Å². The van der Waals surface area contributed by atoms with Crippen LogP contribution < -0.4 is 0 Å². The molecule has 0 atom stereocenters. The lowest BCUT2D eigenvalue weighted by molar-refractivity contribution is 0.246. The standard InChI is InChI=1S/C9H14O2/c1-3-10-8-6-5-7-9-11-4-2/h3-4,6,8H,1-2,5,7,9H2/b8-6+. The van der Waals surface area contributed by atoms with Gasteiger partial charge in [0, 0.05) is 0 Å². The van der Waals surface area contributed by atoms with Crippen LogP contribution in [-0.4, -0.2) is 6.61 Å². The lowest BCUT2D eigenvalue weighted by atomic mass is 10.3. The zero-order chi connectivity index (χ0) is 8.36. The Morgan fingerprint density at radius 3 is 2.64 bits per heavy atom. The Balaban J connectivity index is 3.00. The Kier molecular flexibility index (Phi) is 7.87. The molecule has 11 heavy (non-hydrogen) atoms. The minimum Gasteiger partial charge on any atom is -0.502 e. The molecule has 0 unspecified atom stereocenters. The second kappa shape index (κ2) is 8.82. The zero-order valence-electron chi connectivity index (χ0n) is 6.66. The van der Waals surface area contributed by atoms with Crippen molar-refractivity contribution in [3.8, 4) is 0 Å². The normalized spacial score (nSPS) is 9.45. The first-order valence-electron chi connectivity index (χ1n) is 3.55. The molecule has 0 amide bonds. The minimum absolute atomic E-state index is 0.710. The Morgan fingerprint density at radius 2 is 2.00 bits per heavy atom. The van der Waals surface area contributed by atoms with Crippen LogP contribution in [0, 0.1) is 0 Å². The van der Waals surface area contributed by atoms with Crippen molar-refractivity contribution in [2.45, 2.75) is 12.8 Å². The van der Waals surface area contributed by atoms with Crippen molar-refractivity contribution in [2.24, 2.45) is 0 Å². The van der Waals surface area contributed by atoms with Crippen LogP contribution in [0.1, 0.15) is 12.8 Å². The topological polar surface area (TPSA) is 18.5 Å². The first kappa shape index (κ1) is 9.82. The molecule has 0 spiro atoms. The molecule has 62 valence electrons. The second-order valence-corrected chi connectivity index (χ2v) is 1.85. The molecule has 0 aromatic heterocycles. The summed E-state index contributed by atoms with van der Waals surface area (Å²) in [6.45, 7) is 7.54. The van der Waals surface area contributed by atoms with E-state index in [1.807, 2.05) is 6.08 Å². The van der Waals surface area contributed by atoms with Gasteiger partial charge in [0.25, 0.3) is 0 Å². The maximum atomic E-state index is 4.91. The summed E-state index contributed by atoms with van der Waals surface area (Å²) in [5, 5.41) is 0. The number of unbranched alkanes of at least 4 members (excludes halogenated alkanes) is 1. The van der Waals surface area contributed by atoms with Gasteiger partial charge in [-0.2, -0.15) is 0 Å². The molecule has 0 heterocycles. The fourth-order valence-electron chi connectivity index (χ4n) is 0.547. The fraction of sp³-hybridized carbons (Fsp3) is 0.333. The first-order valence-corrected chi connectivity index (χ1v) is 3.55. The van der Waals surface area contributed by atoms with Crippen molar-refractivity contribution < 1.29 is 9.47 Å². The van der Waals surface area contributed by atoms with Gasteiger partial charge in [0.05, 0.1) is 25.4 Å². The number of hydrogen-bond donors (Lipinski definition) is 0. The first-order chi connectivity index (χ1) is 5.41. The van der Waals surface area contributed by atoms with Gasteiger partial charge in [-0.1, -0.05) is 13.2 Å². The summed E-state index contributed by atoms with van der Waals surface area (Å²) in [5.41, 5.74) is 0. The molecule has 0 aliphatic carbocycles. The molecule has 0 rings (SSSR count). The van der Waals surface area contributed by atoms with Gasteiger partial charge in [-0.15, -0.1) is 0 Å². The quantitative estimate of drug-likeness (QED) is 0.414. The van der Waals surface area contributed by atoms with Crippen LogP contribution in [-0.2, 0) is 9.47 Å². The average Bonchev–Trinajstić information content (AvgIpc) is 2.03. The van der Waals surface area contributed by atoms with E-state index in [0.29, 0.717) is 6.61 Å². The lowest BCUT2D eigenvalue weighted by Gasteiger charge is -1.95. The van der Waals surface area contributed by atoms with Crippen LogP contribution in [0.4, 0.5) is 0 Å². The van der Waals surface area contributed by atoms with E-state index in [1.165, 1.54) is 12.5 Å². The lowest BCUT2D eigenvalue weighted by Crippen LogP contribution is -1.84. The molecule has 2 nitrogen and oxygen atoms in total. The van der Waals surface area contributed by atoms with Crippen molar-refractivity contribution in [2.75, 3.05) is 6.61 Å². The van der Waals surface area contributed by atoms with Crippen LogP contribution in [0.3, 0.4) is 0 Å². The third-order valence-electron chi connectivity index (χ3n) is 1.02. The van der Waals surface area contributed by atoms with Crippen LogP contribution >= 0.6 is 0 Å². The summed E-state index contributed by atoms with van der Waals surface area (Å²) in [5.74, 6) is 0. The van der Waals surface area contributed by atoms with Crippen LogP contribution in [0.15, 0.2) is 38.0 Å². The van der Waals surface area contributed by atoms with Gasteiger partial charge in [0.1, 0.15) is 0 Å². The SMILES string of the molecule is C=CO/C=C/CCCOC=C. The maximum Gasteiger partial charge on any atom is 0.0876 e. The van der Waals surface area contributed by atoms with E-state index in [0.717, 1.165) is 12.8 Å². The molecule has 0 bridgehead atoms. The summed E-state index contributed by atoms with van der Waals surface area (Å²) >= 11 is 0. The van der Waals surface area contributed by atoms with Gasteiger partial charge < -0.3 is 9.47 Å². The molecule has 0 saturated heterocycles. The molecule has 0 fully saturated rings. The van der Waals surface area contributed by atoms with Gasteiger partial charge in [-0.25, -0.2) is 0 Å². The van der Waals surface area contributed by atoms with Crippen molar-refractivity contribution in [3.05, 3.63) is 38.0 Å². The Hall–Kier alpha value is -1.18. The van der Waals surface area contributed by atoms with Crippen LogP contribution in [0.5, 0.6) is 0 Å². The van der Waals surface area contributed by atoms with E-state index in [-0.39, 0.29) is 0 Å². The highest BCUT2D eigenvalue weighted by molar-refractivity contribution is 4.75. The highest BCUT2D eigenvalue weighted by atomic mass is 16.5. The second-order valence-electron chi connectivity index (χ2n) is 1.85. The number of ether oxygens (including phenoxy) is 2. The monoisotopic (exact) mass is 154 g/mol. The van der Waals surface area contributed by atoms with Gasteiger partial charge in [-0.05, 0) is 18.9 Å². The van der Waals surface area contributed by atoms with E-state index in [1.54, 1.807) is 6.26 Å². The summed E-state index contributed by atoms with van der Waals surface area (Å²) in [6, 6.07) is 0. The molecule has 0 aliphatic heterocycles. The molecular formula is C9H14O2. The van der Waals surface area contributed by atoms with Crippen molar-refractivity contribution >= 4 is 0 Å². The Bertz CT molecular complexity index is 128. The van der Waals surface area contributed by atoms with E-state index in [9.17, 15) is 0 Å². The van der Waals surface area contributed by atoms with Crippen molar-refractivity contribution in [1.82, 2.24) is 0 Å². The average molecular weight is 154 g/mol. The van der Waals surface area contributed by atoms with Crippen molar-refractivity contribution in [1.29, 1.82) is 0 Å². The van der Waals surface area contributed by atoms with E-state index in [2.05, 4.69) is 13.2 Å². The molecule has 0 aromatic carbocycles. The Labute approximate surface area is 67.8 Å². The highest BCUT2D eigenvalue weighted by Crippen LogP contribution is 1.92. The predicted octanol–water partition coefficient (Wildman–Crippen LogP) is 2.60. The summed E-state index contributed by atoms with van der Waals surface area (Å²) in [4.78, 5) is 0. The molecule has 0 aromatic rings. The Morgan fingerprint density at radius 1 is 1.18 bits per heavy atom. The number of hydrogen-bond acceptors (Lipinski definition) is 2. The fourth-order valence-corrected chi connectivity index (χ4v) is 0.547. The minimum atomic E-state index is 0.710. The number of allylic oxidation sites excluding steroid dienone is 1. The third-order valence-corrected chi connectivity index (χ3v) is 1.02. The maximum absolute atomic E-state index is 4.91. The van der Waals surface area contributed by atoms with Gasteiger partial charge in [0.15, 0.2) is 0 Å². The van der Waals surface area contributed by atoms with Gasteiger partial charge in [-0.3, -0.25) is 0 Å². The van der Waals surface area contributed by atoms with Gasteiger partial charge in [0.2, 0.25) is 0 Å². The zero-order valence-corrected chi connectivity index (χ0v) is 6.66. The smallest absolute Gasteiger partial charge is 0.0876 e. The van der Waals surface area contributed by atoms with E-state index >= 15 is 0 Å².